The van der Waals surface area contributed by atoms with Gasteiger partial charge in [-0.1, -0.05) is 12.2 Å². The highest BCUT2D eigenvalue weighted by Gasteiger charge is 2.04. The van der Waals surface area contributed by atoms with E-state index >= 15 is 0 Å². The molecule has 0 radical (unpaired) electrons. The molecule has 0 saturated carbocycles. The Morgan fingerprint density at radius 1 is 1.39 bits per heavy atom. The first-order valence-corrected chi connectivity index (χ1v) is 5.42. The van der Waals surface area contributed by atoms with Crippen LogP contribution < -0.4 is 4.74 Å². The van der Waals surface area contributed by atoms with Gasteiger partial charge in [0.15, 0.2) is 11.6 Å². The Morgan fingerprint density at radius 2 is 2.11 bits per heavy atom. The minimum absolute atomic E-state index is 0.00910. The van der Waals surface area contributed by atoms with Crippen LogP contribution in [0.25, 0.3) is 0 Å². The van der Waals surface area contributed by atoms with Crippen LogP contribution in [0.3, 0.4) is 0 Å². The Kier molecular flexibility index (Phi) is 5.24. The number of nitrogens with zero attached hydrogens (tertiary/aromatic N) is 1. The van der Waals surface area contributed by atoms with Gasteiger partial charge in [0, 0.05) is 12.3 Å². The molecule has 0 unspecified atom stereocenters. The van der Waals surface area contributed by atoms with Crippen LogP contribution in [-0.4, -0.2) is 12.3 Å². The molecule has 0 N–H and O–H groups in total. The molecule has 0 fully saturated rings. The lowest BCUT2D eigenvalue weighted by atomic mass is 10.3. The first-order valence-electron chi connectivity index (χ1n) is 5.42. The molecule has 0 amide bonds. The molecule has 0 aliphatic rings. The van der Waals surface area contributed by atoms with E-state index in [9.17, 15) is 8.78 Å². The molecule has 0 spiro atoms. The summed E-state index contributed by atoms with van der Waals surface area (Å²) in [6.07, 6.45) is 3.35. The Morgan fingerprint density at radius 3 is 2.72 bits per heavy atom. The Balaban J connectivity index is 2.57. The third kappa shape index (κ3) is 4.91. The molecule has 0 saturated heterocycles. The third-order valence-electron chi connectivity index (χ3n) is 1.98. The number of halogens is 2. The van der Waals surface area contributed by atoms with Gasteiger partial charge in [-0.25, -0.2) is 8.78 Å². The quantitative estimate of drug-likeness (QED) is 0.574. The molecule has 4 heteroatoms. The Bertz CT molecular complexity index is 493. The molecule has 96 valence electrons. The minimum atomic E-state index is -0.722. The second-order valence-electron chi connectivity index (χ2n) is 3.89. The molecule has 0 aliphatic heterocycles. The van der Waals surface area contributed by atoms with Crippen molar-refractivity contribution in [2.24, 2.45) is 4.99 Å². The zero-order valence-corrected chi connectivity index (χ0v) is 10.4. The summed E-state index contributed by atoms with van der Waals surface area (Å²) in [4.78, 5) is 4.08. The second-order valence-corrected chi connectivity index (χ2v) is 3.89. The summed E-state index contributed by atoms with van der Waals surface area (Å²) in [5.74, 6) is -1.34. The van der Waals surface area contributed by atoms with Crippen LogP contribution >= 0.6 is 0 Å². The highest BCUT2D eigenvalue weighted by molar-refractivity contribution is 5.83. The number of aliphatic imine (C=N–C) groups is 1. The number of rotatable bonds is 5. The van der Waals surface area contributed by atoms with Gasteiger partial charge in [0.05, 0.1) is 5.71 Å². The number of hydrogen-bond donors (Lipinski definition) is 0. The minimum Gasteiger partial charge on any atom is -0.485 e. The fourth-order valence-electron chi connectivity index (χ4n) is 1.10. The summed E-state index contributed by atoms with van der Waals surface area (Å²) < 4.78 is 31.1. The summed E-state index contributed by atoms with van der Waals surface area (Å²) in [7, 11) is 0. The van der Waals surface area contributed by atoms with Crippen LogP contribution in [0.4, 0.5) is 8.78 Å². The molecule has 0 atom stereocenters. The third-order valence-corrected chi connectivity index (χ3v) is 1.98. The predicted molar refractivity (Wildman–Crippen MR) is 68.9 cm³/mol. The molecule has 2 nitrogen and oxygen atoms in total. The highest BCUT2D eigenvalue weighted by atomic mass is 19.1. The maximum Gasteiger partial charge on any atom is 0.167 e. The van der Waals surface area contributed by atoms with Crippen LogP contribution in [0, 0.1) is 11.6 Å². The van der Waals surface area contributed by atoms with Gasteiger partial charge in [0.1, 0.15) is 12.4 Å². The Labute approximate surface area is 105 Å². The average Bonchev–Trinajstić information content (AvgIpc) is 2.27. The molecular weight excluding hydrogens is 236 g/mol. The smallest absolute Gasteiger partial charge is 0.167 e. The topological polar surface area (TPSA) is 21.6 Å². The van der Waals surface area contributed by atoms with Crippen LogP contribution in [0.2, 0.25) is 0 Å². The van der Waals surface area contributed by atoms with Gasteiger partial charge in [-0.15, -0.1) is 0 Å². The van der Waals surface area contributed by atoms with Gasteiger partial charge in [-0.2, -0.15) is 0 Å². The van der Waals surface area contributed by atoms with Crippen molar-refractivity contribution >= 4 is 5.71 Å². The van der Waals surface area contributed by atoms with Crippen molar-refractivity contribution in [3.63, 3.8) is 0 Å². The van der Waals surface area contributed by atoms with E-state index in [4.69, 9.17) is 4.74 Å². The first kappa shape index (κ1) is 14.1. The number of allylic oxidation sites excluding steroid dienone is 2. The lowest BCUT2D eigenvalue weighted by Crippen LogP contribution is -2.08. The SMILES string of the molecule is C=C(C)/C=C\N=C(C)COc1ccc(F)cc1F. The average molecular weight is 251 g/mol. The molecule has 0 aliphatic carbocycles. The largest absolute Gasteiger partial charge is 0.485 e. The molecule has 1 rings (SSSR count). The molecule has 0 bridgehead atoms. The van der Waals surface area contributed by atoms with Crippen molar-refractivity contribution in [1.29, 1.82) is 0 Å². The molecule has 0 heterocycles. The van der Waals surface area contributed by atoms with Gasteiger partial charge in [-0.05, 0) is 32.1 Å². The predicted octanol–water partition coefficient (Wildman–Crippen LogP) is 3.89. The van der Waals surface area contributed by atoms with Gasteiger partial charge in [-0.3, -0.25) is 4.99 Å². The van der Waals surface area contributed by atoms with Crippen molar-refractivity contribution in [3.05, 3.63) is 54.3 Å². The van der Waals surface area contributed by atoms with Crippen LogP contribution in [0.5, 0.6) is 5.75 Å². The zero-order chi connectivity index (χ0) is 13.5. The van der Waals surface area contributed by atoms with Crippen molar-refractivity contribution in [3.8, 4) is 5.75 Å². The molecule has 0 aromatic heterocycles. The first-order chi connectivity index (χ1) is 8.49. The van der Waals surface area contributed by atoms with Crippen molar-refractivity contribution in [1.82, 2.24) is 0 Å². The van der Waals surface area contributed by atoms with E-state index in [1.165, 1.54) is 6.07 Å². The lowest BCUT2D eigenvalue weighted by molar-refractivity contribution is 0.351. The van der Waals surface area contributed by atoms with Gasteiger partial charge in [0.25, 0.3) is 0 Å². The van der Waals surface area contributed by atoms with Crippen molar-refractivity contribution in [2.45, 2.75) is 13.8 Å². The molecule has 1 aromatic carbocycles. The van der Waals surface area contributed by atoms with E-state index in [-0.39, 0.29) is 12.4 Å². The summed E-state index contributed by atoms with van der Waals surface area (Å²) in [6.45, 7) is 7.44. The summed E-state index contributed by atoms with van der Waals surface area (Å²) in [5, 5.41) is 0. The van der Waals surface area contributed by atoms with Crippen LogP contribution in [-0.2, 0) is 0 Å². The van der Waals surface area contributed by atoms with Gasteiger partial charge in [0.2, 0.25) is 0 Å². The maximum atomic E-state index is 13.2. The van der Waals surface area contributed by atoms with Crippen molar-refractivity contribution in [2.75, 3.05) is 6.61 Å². The van der Waals surface area contributed by atoms with E-state index in [1.54, 1.807) is 19.2 Å². The number of hydrogen-bond acceptors (Lipinski definition) is 2. The maximum absolute atomic E-state index is 13.2. The monoisotopic (exact) mass is 251 g/mol. The fourth-order valence-corrected chi connectivity index (χ4v) is 1.10. The van der Waals surface area contributed by atoms with Crippen LogP contribution in [0.1, 0.15) is 13.8 Å². The number of ether oxygens (including phenoxy) is 1. The van der Waals surface area contributed by atoms with E-state index in [0.29, 0.717) is 5.71 Å². The van der Waals surface area contributed by atoms with E-state index < -0.39 is 11.6 Å². The van der Waals surface area contributed by atoms with E-state index in [0.717, 1.165) is 17.7 Å². The number of benzene rings is 1. The van der Waals surface area contributed by atoms with Crippen molar-refractivity contribution < 1.29 is 13.5 Å². The molecule has 18 heavy (non-hydrogen) atoms. The van der Waals surface area contributed by atoms with Crippen LogP contribution in [0.15, 0.2) is 47.6 Å². The normalized spacial score (nSPS) is 11.9. The summed E-state index contributed by atoms with van der Waals surface area (Å²) >= 11 is 0. The van der Waals surface area contributed by atoms with Gasteiger partial charge >= 0.3 is 0 Å². The van der Waals surface area contributed by atoms with E-state index in [2.05, 4.69) is 11.6 Å². The molecular formula is C14H15F2NO. The molecule has 1 aromatic rings. The fraction of sp³-hybridized carbons (Fsp3) is 0.214. The second kappa shape index (κ2) is 6.69. The Hall–Kier alpha value is -1.97. The zero-order valence-electron chi connectivity index (χ0n) is 10.4. The summed E-state index contributed by atoms with van der Waals surface area (Å²) in [5.41, 5.74) is 1.56. The van der Waals surface area contributed by atoms with Gasteiger partial charge < -0.3 is 4.74 Å². The lowest BCUT2D eigenvalue weighted by Gasteiger charge is -2.06. The highest BCUT2D eigenvalue weighted by Crippen LogP contribution is 2.17. The summed E-state index contributed by atoms with van der Waals surface area (Å²) in [6, 6.07) is 3.18. The standard InChI is InChI=1S/C14H15F2NO/c1-10(2)6-7-17-11(3)9-18-14-5-4-12(15)8-13(14)16/h4-8H,1,9H2,2-3H3/b7-6-,17-11?. The van der Waals surface area contributed by atoms with E-state index in [1.807, 2.05) is 6.92 Å².